The number of halogens is 4. The molecule has 4 nitrogen and oxygen atoms in total. The molecule has 1 N–H and O–H groups in total. The number of amides is 1. The first-order chi connectivity index (χ1) is 13.6. The number of quaternary nitrogens is 1. The molecule has 30 heavy (non-hydrogen) atoms. The van der Waals surface area contributed by atoms with Gasteiger partial charge in [-0.3, -0.25) is 4.79 Å². The number of ether oxygens (including phenoxy) is 1. The van der Waals surface area contributed by atoms with E-state index in [-0.39, 0.29) is 29.5 Å². The lowest BCUT2D eigenvalue weighted by Gasteiger charge is -2.40. The van der Waals surface area contributed by atoms with Crippen LogP contribution in [0, 0.1) is 0 Å². The number of anilines is 1. The molecule has 3 rings (SSSR count). The first kappa shape index (κ1) is 24.6. The second kappa shape index (κ2) is 10.1. The lowest BCUT2D eigenvalue weighted by atomic mass is 10.0. The van der Waals surface area contributed by atoms with Crippen molar-refractivity contribution in [2.45, 2.75) is 31.6 Å². The van der Waals surface area contributed by atoms with E-state index >= 15 is 0 Å². The second-order valence-corrected chi connectivity index (χ2v) is 8.01. The van der Waals surface area contributed by atoms with Gasteiger partial charge in [-0.25, -0.2) is 0 Å². The van der Waals surface area contributed by atoms with E-state index in [4.69, 9.17) is 4.74 Å². The molecule has 0 unspecified atom stereocenters. The van der Waals surface area contributed by atoms with Crippen LogP contribution in [0.25, 0.3) is 0 Å². The highest BCUT2D eigenvalue weighted by Gasteiger charge is 2.31. The molecule has 164 valence electrons. The molecule has 0 spiro atoms. The maximum Gasteiger partial charge on any atom is 0.416 e. The van der Waals surface area contributed by atoms with Gasteiger partial charge < -0.3 is 38.5 Å². The fourth-order valence-electron chi connectivity index (χ4n) is 3.77. The lowest BCUT2D eigenvalue weighted by Crippen LogP contribution is -3.00. The standard InChI is InChI=1S/C22H25F3N2O2.HI/c1-27(2,20-9-11-29-12-10-20)15-16-5-3-8-19(13-16)26-21(28)17-6-4-7-18(14-17)22(23,24)25;/h3-8,13-14,20H,9-12,15H2,1-2H3;1H. The summed E-state index contributed by atoms with van der Waals surface area (Å²) in [6, 6.07) is 12.4. The van der Waals surface area contributed by atoms with E-state index in [2.05, 4.69) is 19.4 Å². The van der Waals surface area contributed by atoms with Crippen molar-refractivity contribution in [2.75, 3.05) is 32.6 Å². The van der Waals surface area contributed by atoms with Gasteiger partial charge in [0.1, 0.15) is 6.54 Å². The summed E-state index contributed by atoms with van der Waals surface area (Å²) in [5.74, 6) is -0.563. The number of carbonyl (C=O) groups excluding carboxylic acids is 1. The summed E-state index contributed by atoms with van der Waals surface area (Å²) in [6.07, 6.45) is -2.46. The summed E-state index contributed by atoms with van der Waals surface area (Å²) in [6.45, 7) is 2.34. The summed E-state index contributed by atoms with van der Waals surface area (Å²) in [5.41, 5.74) is 0.762. The first-order valence-corrected chi connectivity index (χ1v) is 9.63. The number of hydrogen-bond acceptors (Lipinski definition) is 2. The van der Waals surface area contributed by atoms with E-state index in [1.165, 1.54) is 12.1 Å². The van der Waals surface area contributed by atoms with Crippen LogP contribution in [0.5, 0.6) is 0 Å². The Hall–Kier alpha value is -1.65. The summed E-state index contributed by atoms with van der Waals surface area (Å²) in [5, 5.41) is 2.71. The molecule has 0 bridgehead atoms. The van der Waals surface area contributed by atoms with E-state index in [0.717, 1.165) is 54.8 Å². The molecule has 2 aromatic rings. The molecule has 1 aliphatic heterocycles. The smallest absolute Gasteiger partial charge is 0.416 e. The molecule has 1 saturated heterocycles. The Morgan fingerprint density at radius 1 is 1.10 bits per heavy atom. The number of hydrogen-bond donors (Lipinski definition) is 1. The van der Waals surface area contributed by atoms with Crippen molar-refractivity contribution in [3.05, 3.63) is 65.2 Å². The molecule has 0 atom stereocenters. The van der Waals surface area contributed by atoms with Gasteiger partial charge in [-0.05, 0) is 30.3 Å². The van der Waals surface area contributed by atoms with Gasteiger partial charge in [0, 0.05) is 29.7 Å². The minimum absolute atomic E-state index is 0. The number of nitrogens with one attached hydrogen (secondary N) is 1. The minimum atomic E-state index is -4.48. The van der Waals surface area contributed by atoms with Gasteiger partial charge in [0.15, 0.2) is 0 Å². The predicted octanol–water partition coefficient (Wildman–Crippen LogP) is 1.72. The zero-order valence-electron chi connectivity index (χ0n) is 17.0. The fraction of sp³-hybridized carbons (Fsp3) is 0.409. The third kappa shape index (κ3) is 6.42. The molecule has 0 aromatic heterocycles. The first-order valence-electron chi connectivity index (χ1n) is 9.63. The van der Waals surface area contributed by atoms with E-state index < -0.39 is 17.6 Å². The third-order valence-corrected chi connectivity index (χ3v) is 5.41. The number of carbonyl (C=O) groups is 1. The highest BCUT2D eigenvalue weighted by molar-refractivity contribution is 6.04. The average Bonchev–Trinajstić information content (AvgIpc) is 2.68. The molecule has 8 heteroatoms. The number of alkyl halides is 3. The van der Waals surface area contributed by atoms with Gasteiger partial charge >= 0.3 is 6.18 Å². The molecule has 1 amide bonds. The van der Waals surface area contributed by atoms with Gasteiger partial charge in [0.05, 0.1) is 38.9 Å². The zero-order valence-corrected chi connectivity index (χ0v) is 19.2. The topological polar surface area (TPSA) is 38.3 Å². The summed E-state index contributed by atoms with van der Waals surface area (Å²) < 4.78 is 44.9. The maximum absolute atomic E-state index is 12.9. The number of rotatable bonds is 5. The van der Waals surface area contributed by atoms with E-state index in [1.54, 1.807) is 6.07 Å². The molecular formula is C22H26F3IN2O2. The Balaban J connectivity index is 0.00000320. The van der Waals surface area contributed by atoms with Crippen LogP contribution in [0.3, 0.4) is 0 Å². The van der Waals surface area contributed by atoms with Crippen molar-refractivity contribution >= 4 is 11.6 Å². The molecule has 0 aliphatic carbocycles. The predicted molar refractivity (Wildman–Crippen MR) is 105 cm³/mol. The summed E-state index contributed by atoms with van der Waals surface area (Å²) >= 11 is 0. The van der Waals surface area contributed by atoms with Crippen molar-refractivity contribution in [1.29, 1.82) is 0 Å². The molecule has 0 saturated carbocycles. The van der Waals surface area contributed by atoms with Crippen molar-refractivity contribution in [3.63, 3.8) is 0 Å². The Labute approximate surface area is 192 Å². The Bertz CT molecular complexity index is 865. The highest BCUT2D eigenvalue weighted by Crippen LogP contribution is 2.30. The quantitative estimate of drug-likeness (QED) is 0.469. The van der Waals surface area contributed by atoms with E-state index in [1.807, 2.05) is 18.2 Å². The van der Waals surface area contributed by atoms with Crippen LogP contribution < -0.4 is 29.3 Å². The van der Waals surface area contributed by atoms with Crippen LogP contribution in [0.15, 0.2) is 48.5 Å². The van der Waals surface area contributed by atoms with Crippen LogP contribution in [-0.4, -0.2) is 43.7 Å². The highest BCUT2D eigenvalue weighted by atomic mass is 127. The Morgan fingerprint density at radius 2 is 1.77 bits per heavy atom. The zero-order chi connectivity index (χ0) is 21.1. The molecule has 0 radical (unpaired) electrons. The number of nitrogens with zero attached hydrogens (tertiary/aromatic N) is 1. The van der Waals surface area contributed by atoms with Crippen molar-refractivity contribution in [3.8, 4) is 0 Å². The van der Waals surface area contributed by atoms with Gasteiger partial charge in [-0.2, -0.15) is 13.2 Å². The van der Waals surface area contributed by atoms with Crippen LogP contribution >= 0.6 is 0 Å². The molecular weight excluding hydrogens is 508 g/mol. The third-order valence-electron chi connectivity index (χ3n) is 5.41. The van der Waals surface area contributed by atoms with Crippen LogP contribution in [0.1, 0.15) is 34.3 Å². The van der Waals surface area contributed by atoms with Crippen molar-refractivity contribution in [2.24, 2.45) is 0 Å². The SMILES string of the molecule is C[N+](C)(Cc1cccc(NC(=O)c2cccc(C(F)(F)F)c2)c1)C1CCOCC1.[I-]. The monoisotopic (exact) mass is 534 g/mol. The van der Waals surface area contributed by atoms with Gasteiger partial charge in [0.2, 0.25) is 0 Å². The van der Waals surface area contributed by atoms with Gasteiger partial charge in [-0.15, -0.1) is 0 Å². The number of benzene rings is 2. The Morgan fingerprint density at radius 3 is 2.43 bits per heavy atom. The summed E-state index contributed by atoms with van der Waals surface area (Å²) in [4.78, 5) is 12.4. The largest absolute Gasteiger partial charge is 1.00 e. The van der Waals surface area contributed by atoms with Crippen LogP contribution in [0.2, 0.25) is 0 Å². The molecule has 2 aromatic carbocycles. The van der Waals surface area contributed by atoms with Crippen molar-refractivity contribution < 1.29 is 51.2 Å². The van der Waals surface area contributed by atoms with Crippen LogP contribution in [0.4, 0.5) is 18.9 Å². The average molecular weight is 534 g/mol. The molecule has 1 fully saturated rings. The maximum atomic E-state index is 12.9. The van der Waals surface area contributed by atoms with Gasteiger partial charge in [0.25, 0.3) is 5.91 Å². The summed E-state index contributed by atoms with van der Waals surface area (Å²) in [7, 11) is 4.37. The van der Waals surface area contributed by atoms with E-state index in [0.29, 0.717) is 11.7 Å². The van der Waals surface area contributed by atoms with Gasteiger partial charge in [-0.1, -0.05) is 18.2 Å². The van der Waals surface area contributed by atoms with Crippen LogP contribution in [-0.2, 0) is 17.5 Å². The molecule has 1 heterocycles. The molecule has 1 aliphatic rings. The van der Waals surface area contributed by atoms with E-state index in [9.17, 15) is 18.0 Å². The minimum Gasteiger partial charge on any atom is -1.00 e. The normalized spacial score (nSPS) is 15.4. The fourth-order valence-corrected chi connectivity index (χ4v) is 3.77. The lowest BCUT2D eigenvalue weighted by molar-refractivity contribution is -0.929. The van der Waals surface area contributed by atoms with Crippen molar-refractivity contribution in [1.82, 2.24) is 0 Å². The Kier molecular flexibility index (Phi) is 8.29. The second-order valence-electron chi connectivity index (χ2n) is 8.01.